The van der Waals surface area contributed by atoms with Crippen molar-refractivity contribution in [1.29, 1.82) is 0 Å². The number of benzene rings is 3. The van der Waals surface area contributed by atoms with Gasteiger partial charge in [0, 0.05) is 39.1 Å². The molecule has 0 radical (unpaired) electrons. The Labute approximate surface area is 223 Å². The summed E-state index contributed by atoms with van der Waals surface area (Å²) in [4.78, 5) is 5.17. The van der Waals surface area contributed by atoms with Crippen LogP contribution in [0.2, 0.25) is 0 Å². The van der Waals surface area contributed by atoms with E-state index < -0.39 is 0 Å². The Hall–Kier alpha value is -1.62. The van der Waals surface area contributed by atoms with E-state index in [4.69, 9.17) is 0 Å². The third-order valence-corrected chi connectivity index (χ3v) is 7.83. The zero-order chi connectivity index (χ0) is 22.8. The van der Waals surface area contributed by atoms with Crippen LogP contribution in [0, 0.1) is 19.8 Å². The van der Waals surface area contributed by atoms with Crippen molar-refractivity contribution in [3.8, 4) is 0 Å². The van der Waals surface area contributed by atoms with E-state index in [1.54, 1.807) is 5.56 Å². The largest absolute Gasteiger partial charge is 0.391 e. The Morgan fingerprint density at radius 2 is 1.66 bits per heavy atom. The van der Waals surface area contributed by atoms with Gasteiger partial charge < -0.3 is 10.0 Å². The van der Waals surface area contributed by atoms with E-state index in [0.717, 1.165) is 32.6 Å². The van der Waals surface area contributed by atoms with Gasteiger partial charge in [-0.1, -0.05) is 54.6 Å². The van der Waals surface area contributed by atoms with Gasteiger partial charge in [0.15, 0.2) is 0 Å². The van der Waals surface area contributed by atoms with E-state index in [1.165, 1.54) is 65.4 Å². The molecule has 0 saturated carbocycles. The molecule has 2 aliphatic heterocycles. The van der Waals surface area contributed by atoms with E-state index in [0.29, 0.717) is 5.92 Å². The van der Waals surface area contributed by atoms with Gasteiger partial charge in [0.25, 0.3) is 0 Å². The number of nitrogens with zero attached hydrogens (tertiary/aromatic N) is 2. The lowest BCUT2D eigenvalue weighted by Crippen LogP contribution is -2.45. The number of likely N-dealkylation sites (tertiary alicyclic amines) is 1. The molecule has 3 nitrogen and oxygen atoms in total. The highest BCUT2D eigenvalue weighted by atomic mass is 35.5. The maximum atomic E-state index is 10.9. The van der Waals surface area contributed by atoms with Crippen molar-refractivity contribution in [3.05, 3.63) is 82.4 Å². The molecule has 3 aromatic rings. The third-order valence-electron chi connectivity index (χ3n) is 7.83. The molecule has 1 saturated heterocycles. The fraction of sp³-hybridized carbons (Fsp3) is 0.467. The number of β-amino-alcohol motifs (C(OH)–C–C–N with tert-alkyl or cyclic N) is 1. The molecule has 1 fully saturated rings. The first kappa shape index (κ1) is 28.0. The lowest BCUT2D eigenvalue weighted by Gasteiger charge is -2.38. The molecular weight excluding hydrogens is 475 g/mol. The standard InChI is InChI=1S/C30H38N2O.2ClH/c1-22-15-26-12-14-32(20-28(26)16-23(22)2)19-24-7-6-13-31(18-24)21-29(33)17-27-10-5-9-25-8-3-4-11-30(25)27;;/h3-5,8-11,15-16,24,29,33H,6-7,12-14,17-21H2,1-2H3;2*1H. The highest BCUT2D eigenvalue weighted by molar-refractivity contribution is 5.86. The second-order valence-corrected chi connectivity index (χ2v) is 10.5. The Morgan fingerprint density at radius 3 is 2.49 bits per heavy atom. The first-order chi connectivity index (χ1) is 16.0. The fourth-order valence-electron chi connectivity index (χ4n) is 5.99. The molecule has 0 bridgehead atoms. The van der Waals surface area contributed by atoms with Gasteiger partial charge in [0.2, 0.25) is 0 Å². The van der Waals surface area contributed by atoms with Gasteiger partial charge in [-0.05, 0) is 84.2 Å². The molecule has 0 spiro atoms. The lowest BCUT2D eigenvalue weighted by atomic mass is 9.92. The van der Waals surface area contributed by atoms with E-state index in [2.05, 4.69) is 78.2 Å². The van der Waals surface area contributed by atoms with Crippen LogP contribution in [0.25, 0.3) is 10.8 Å². The molecule has 2 aliphatic rings. The average molecular weight is 516 g/mol. The van der Waals surface area contributed by atoms with Gasteiger partial charge in [-0.2, -0.15) is 0 Å². The minimum absolute atomic E-state index is 0. The van der Waals surface area contributed by atoms with Crippen molar-refractivity contribution in [2.75, 3.05) is 32.7 Å². The number of hydrogen-bond donors (Lipinski definition) is 1. The van der Waals surface area contributed by atoms with Crippen molar-refractivity contribution < 1.29 is 5.11 Å². The first-order valence-electron chi connectivity index (χ1n) is 12.7. The van der Waals surface area contributed by atoms with Crippen LogP contribution in [0.4, 0.5) is 0 Å². The third kappa shape index (κ3) is 6.78. The van der Waals surface area contributed by atoms with E-state index in [-0.39, 0.29) is 30.9 Å². The van der Waals surface area contributed by atoms with Crippen molar-refractivity contribution in [1.82, 2.24) is 9.80 Å². The van der Waals surface area contributed by atoms with Gasteiger partial charge in [-0.15, -0.1) is 24.8 Å². The van der Waals surface area contributed by atoms with E-state index >= 15 is 0 Å². The maximum Gasteiger partial charge on any atom is 0.0707 e. The number of piperidine rings is 1. The van der Waals surface area contributed by atoms with Crippen LogP contribution in [-0.2, 0) is 19.4 Å². The number of aliphatic hydroxyl groups excluding tert-OH is 1. The van der Waals surface area contributed by atoms with Gasteiger partial charge in [0.05, 0.1) is 6.10 Å². The number of rotatable bonds is 6. The van der Waals surface area contributed by atoms with Crippen molar-refractivity contribution in [2.24, 2.45) is 5.92 Å². The summed E-state index contributed by atoms with van der Waals surface area (Å²) < 4.78 is 0. The summed E-state index contributed by atoms with van der Waals surface area (Å²) in [5.41, 5.74) is 7.18. The monoisotopic (exact) mass is 514 g/mol. The molecule has 3 aromatic carbocycles. The lowest BCUT2D eigenvalue weighted by molar-refractivity contribution is 0.0722. The van der Waals surface area contributed by atoms with Crippen LogP contribution >= 0.6 is 24.8 Å². The number of halogens is 2. The summed E-state index contributed by atoms with van der Waals surface area (Å²) in [6, 6.07) is 19.8. The molecule has 5 heteroatoms. The fourth-order valence-corrected chi connectivity index (χ4v) is 5.99. The van der Waals surface area contributed by atoms with Crippen LogP contribution in [0.3, 0.4) is 0 Å². The Bertz CT molecular complexity index is 1110. The zero-order valence-corrected chi connectivity index (χ0v) is 22.7. The summed E-state index contributed by atoms with van der Waals surface area (Å²) in [7, 11) is 0. The van der Waals surface area contributed by atoms with E-state index in [9.17, 15) is 5.11 Å². The normalized spacial score (nSPS) is 19.5. The first-order valence-corrected chi connectivity index (χ1v) is 12.7. The number of aliphatic hydroxyl groups is 1. The zero-order valence-electron chi connectivity index (χ0n) is 21.1. The number of aryl methyl sites for hydroxylation is 2. The van der Waals surface area contributed by atoms with Gasteiger partial charge in [-0.25, -0.2) is 0 Å². The molecule has 0 aromatic heterocycles. The SMILES string of the molecule is Cc1cc2c(cc1C)CN(CC1CCCN(CC(O)Cc3cccc4ccccc34)C1)CC2.Cl.Cl. The summed E-state index contributed by atoms with van der Waals surface area (Å²) in [6.07, 6.45) is 4.14. The molecule has 2 heterocycles. The molecular formula is C30H40Cl2N2O. The van der Waals surface area contributed by atoms with Gasteiger partial charge in [-0.3, -0.25) is 4.90 Å². The molecule has 0 aliphatic carbocycles. The van der Waals surface area contributed by atoms with Crippen LogP contribution in [0.15, 0.2) is 54.6 Å². The number of fused-ring (bicyclic) bond motifs is 2. The molecule has 35 heavy (non-hydrogen) atoms. The summed E-state index contributed by atoms with van der Waals surface area (Å²) in [5.74, 6) is 0.705. The minimum atomic E-state index is -0.317. The minimum Gasteiger partial charge on any atom is -0.391 e. The van der Waals surface area contributed by atoms with Crippen molar-refractivity contribution in [2.45, 2.75) is 52.2 Å². The van der Waals surface area contributed by atoms with Gasteiger partial charge in [0.1, 0.15) is 0 Å². The van der Waals surface area contributed by atoms with Crippen LogP contribution in [0.1, 0.15) is 40.7 Å². The highest BCUT2D eigenvalue weighted by Crippen LogP contribution is 2.26. The predicted molar refractivity (Wildman–Crippen MR) is 152 cm³/mol. The topological polar surface area (TPSA) is 26.7 Å². The number of hydrogen-bond acceptors (Lipinski definition) is 3. The quantitative estimate of drug-likeness (QED) is 0.438. The molecule has 5 rings (SSSR count). The smallest absolute Gasteiger partial charge is 0.0707 e. The Kier molecular flexibility index (Phi) is 10.0. The summed E-state index contributed by atoms with van der Waals surface area (Å²) in [5, 5.41) is 13.5. The molecule has 0 amide bonds. The average Bonchev–Trinajstić information content (AvgIpc) is 2.80. The van der Waals surface area contributed by atoms with Crippen molar-refractivity contribution >= 4 is 35.6 Å². The van der Waals surface area contributed by atoms with Crippen LogP contribution < -0.4 is 0 Å². The van der Waals surface area contributed by atoms with Crippen LogP contribution in [-0.4, -0.2) is 53.7 Å². The Balaban J connectivity index is 0.00000171. The molecule has 2 unspecified atom stereocenters. The van der Waals surface area contributed by atoms with Crippen molar-refractivity contribution in [3.63, 3.8) is 0 Å². The summed E-state index contributed by atoms with van der Waals surface area (Å²) >= 11 is 0. The highest BCUT2D eigenvalue weighted by Gasteiger charge is 2.25. The predicted octanol–water partition coefficient (Wildman–Crippen LogP) is 5.97. The van der Waals surface area contributed by atoms with Gasteiger partial charge >= 0.3 is 0 Å². The van der Waals surface area contributed by atoms with Crippen LogP contribution in [0.5, 0.6) is 0 Å². The maximum absolute atomic E-state index is 10.9. The second-order valence-electron chi connectivity index (χ2n) is 10.5. The summed E-state index contributed by atoms with van der Waals surface area (Å²) in [6.45, 7) is 10.9. The molecule has 2 atom stereocenters. The van der Waals surface area contributed by atoms with E-state index in [1.807, 2.05) is 0 Å². The second kappa shape index (κ2) is 12.6. The molecule has 1 N–H and O–H groups in total. The molecule has 190 valence electrons. The Morgan fingerprint density at radius 1 is 0.914 bits per heavy atom.